The van der Waals surface area contributed by atoms with Crippen LogP contribution in [0.1, 0.15) is 36.7 Å². The minimum Gasteiger partial charge on any atom is -0.354 e. The number of para-hydroxylation sites is 1. The van der Waals surface area contributed by atoms with E-state index < -0.39 is 0 Å². The molecule has 0 aliphatic carbocycles. The molecule has 0 bridgehead atoms. The van der Waals surface area contributed by atoms with Crippen LogP contribution in [0.4, 0.5) is 10.1 Å². The van der Waals surface area contributed by atoms with Gasteiger partial charge in [0.2, 0.25) is 0 Å². The fourth-order valence-corrected chi connectivity index (χ4v) is 3.71. The van der Waals surface area contributed by atoms with Crippen LogP contribution in [-0.2, 0) is 0 Å². The van der Waals surface area contributed by atoms with Gasteiger partial charge in [-0.15, -0.1) is 0 Å². The van der Waals surface area contributed by atoms with Crippen molar-refractivity contribution in [2.75, 3.05) is 45.8 Å². The molecule has 160 valence electrons. The predicted molar refractivity (Wildman–Crippen MR) is 120 cm³/mol. The largest absolute Gasteiger partial charge is 0.354 e. The van der Waals surface area contributed by atoms with Gasteiger partial charge in [0.25, 0.3) is 5.91 Å². The van der Waals surface area contributed by atoms with Crippen molar-refractivity contribution in [2.24, 2.45) is 4.99 Å². The average Bonchev–Trinajstić information content (AvgIpc) is 2.79. The summed E-state index contributed by atoms with van der Waals surface area (Å²) in [4.78, 5) is 23.7. The van der Waals surface area contributed by atoms with Crippen LogP contribution in [0.25, 0.3) is 0 Å². The number of aliphatic imine (C=N–C) groups is 1. The Bertz CT molecular complexity index is 869. The van der Waals surface area contributed by atoms with E-state index in [-0.39, 0.29) is 11.7 Å². The molecule has 0 saturated carbocycles. The average molecular weight is 411 g/mol. The van der Waals surface area contributed by atoms with Crippen molar-refractivity contribution in [3.05, 3.63) is 65.5 Å². The lowest BCUT2D eigenvalue weighted by Gasteiger charge is -2.36. The minimum absolute atomic E-state index is 0.0238. The normalized spacial score (nSPS) is 15.3. The summed E-state index contributed by atoms with van der Waals surface area (Å²) >= 11 is 0. The number of amides is 1. The fraction of sp³-hybridized carbons (Fsp3) is 0.417. The van der Waals surface area contributed by atoms with E-state index in [9.17, 15) is 9.18 Å². The van der Waals surface area contributed by atoms with Crippen LogP contribution >= 0.6 is 0 Å². The zero-order chi connectivity index (χ0) is 21.5. The van der Waals surface area contributed by atoms with Gasteiger partial charge in [-0.25, -0.2) is 9.38 Å². The molecule has 30 heavy (non-hydrogen) atoms. The molecule has 1 saturated heterocycles. The first-order valence-corrected chi connectivity index (χ1v) is 10.8. The van der Waals surface area contributed by atoms with Gasteiger partial charge in [0.05, 0.1) is 0 Å². The molecule has 0 atom stereocenters. The van der Waals surface area contributed by atoms with Crippen molar-refractivity contribution in [1.29, 1.82) is 0 Å². The van der Waals surface area contributed by atoms with Gasteiger partial charge in [0, 0.05) is 50.4 Å². The topological polar surface area (TPSA) is 39.1 Å². The number of amidine groups is 1. The van der Waals surface area contributed by atoms with Crippen molar-refractivity contribution in [2.45, 2.75) is 20.8 Å². The number of nitrogens with zero attached hydrogens (tertiary/aromatic N) is 4. The number of likely N-dealkylation sites (N-methyl/N-ethyl adjacent to an activating group) is 1. The maximum Gasteiger partial charge on any atom is 0.253 e. The Morgan fingerprint density at radius 3 is 2.10 bits per heavy atom. The first-order valence-electron chi connectivity index (χ1n) is 10.8. The van der Waals surface area contributed by atoms with Crippen molar-refractivity contribution in [3.63, 3.8) is 0 Å². The van der Waals surface area contributed by atoms with Crippen molar-refractivity contribution < 1.29 is 9.18 Å². The van der Waals surface area contributed by atoms with Gasteiger partial charge in [-0.1, -0.05) is 31.2 Å². The number of hydrogen-bond acceptors (Lipinski definition) is 3. The second-order valence-corrected chi connectivity index (χ2v) is 7.36. The summed E-state index contributed by atoms with van der Waals surface area (Å²) in [5.74, 6) is 0.434. The molecule has 3 rings (SSSR count). The molecular formula is C24H31FN4O. The molecule has 0 radical (unpaired) electrons. The van der Waals surface area contributed by atoms with Gasteiger partial charge in [0.15, 0.2) is 0 Å². The Kier molecular flexibility index (Phi) is 7.57. The number of halogens is 1. The minimum atomic E-state index is -0.337. The van der Waals surface area contributed by atoms with E-state index in [2.05, 4.69) is 16.7 Å². The van der Waals surface area contributed by atoms with Crippen LogP contribution in [0.15, 0.2) is 53.5 Å². The van der Waals surface area contributed by atoms with Gasteiger partial charge in [-0.2, -0.15) is 0 Å². The Hall–Kier alpha value is -2.73. The summed E-state index contributed by atoms with van der Waals surface area (Å²) in [6.07, 6.45) is 0. The van der Waals surface area contributed by atoms with Gasteiger partial charge < -0.3 is 14.7 Å². The summed E-state index contributed by atoms with van der Waals surface area (Å²) in [5.41, 5.74) is 1.87. The van der Waals surface area contributed by atoms with E-state index in [1.165, 1.54) is 6.07 Å². The Morgan fingerprint density at radius 2 is 1.53 bits per heavy atom. The number of carbonyl (C=O) groups is 1. The molecule has 0 aromatic heterocycles. The molecular weight excluding hydrogens is 379 g/mol. The van der Waals surface area contributed by atoms with E-state index in [1.807, 2.05) is 38.1 Å². The quantitative estimate of drug-likeness (QED) is 0.533. The molecule has 2 aromatic rings. The molecule has 5 nitrogen and oxygen atoms in total. The van der Waals surface area contributed by atoms with E-state index in [1.54, 1.807) is 23.1 Å². The summed E-state index contributed by atoms with van der Waals surface area (Å²) in [6, 6.07) is 14.1. The molecule has 0 N–H and O–H groups in total. The molecule has 2 aromatic carbocycles. The molecule has 1 heterocycles. The lowest BCUT2D eigenvalue weighted by atomic mass is 10.1. The smallest absolute Gasteiger partial charge is 0.253 e. The summed E-state index contributed by atoms with van der Waals surface area (Å²) in [7, 11) is 0. The van der Waals surface area contributed by atoms with E-state index >= 15 is 0 Å². The SMILES string of the molecule is CCN1CCN(/C(=N/c2ccccc2F)c2ccc(C(=O)N(CC)CC)cc2)CC1. The highest BCUT2D eigenvalue weighted by molar-refractivity contribution is 6.02. The highest BCUT2D eigenvalue weighted by Gasteiger charge is 2.21. The second-order valence-electron chi connectivity index (χ2n) is 7.36. The van der Waals surface area contributed by atoms with E-state index in [0.717, 1.165) is 44.1 Å². The lowest BCUT2D eigenvalue weighted by molar-refractivity contribution is 0.0773. The van der Waals surface area contributed by atoms with E-state index in [0.29, 0.717) is 24.3 Å². The molecule has 6 heteroatoms. The molecule has 1 aliphatic rings. The Morgan fingerprint density at radius 1 is 0.933 bits per heavy atom. The van der Waals surface area contributed by atoms with Crippen LogP contribution in [0.3, 0.4) is 0 Å². The first kappa shape index (κ1) is 22.0. The number of benzene rings is 2. The first-order chi connectivity index (χ1) is 14.6. The second kappa shape index (κ2) is 10.3. The molecule has 1 amide bonds. The standard InChI is InChI=1S/C24H31FN4O/c1-4-27-15-17-29(18-16-27)23(26-22-10-8-7-9-21(22)25)19-11-13-20(14-12-19)24(30)28(5-2)6-3/h7-14H,4-6,15-18H2,1-3H3/b26-23+. The third-order valence-electron chi connectivity index (χ3n) is 5.64. The Balaban J connectivity index is 1.92. The molecule has 1 aliphatic heterocycles. The van der Waals surface area contributed by atoms with Gasteiger partial charge in [0.1, 0.15) is 17.3 Å². The molecule has 1 fully saturated rings. The number of carbonyl (C=O) groups excluding carboxylic acids is 1. The summed E-state index contributed by atoms with van der Waals surface area (Å²) < 4.78 is 14.3. The molecule has 0 spiro atoms. The Labute approximate surface area is 178 Å². The summed E-state index contributed by atoms with van der Waals surface area (Å²) in [6.45, 7) is 12.1. The monoisotopic (exact) mass is 410 g/mol. The predicted octanol–water partition coefficient (Wildman–Crippen LogP) is 4.02. The van der Waals surface area contributed by atoms with Crippen LogP contribution < -0.4 is 0 Å². The van der Waals surface area contributed by atoms with Gasteiger partial charge in [-0.05, 0) is 44.7 Å². The van der Waals surface area contributed by atoms with Crippen LogP contribution in [0.5, 0.6) is 0 Å². The highest BCUT2D eigenvalue weighted by Crippen LogP contribution is 2.21. The van der Waals surface area contributed by atoms with E-state index in [4.69, 9.17) is 4.99 Å². The van der Waals surface area contributed by atoms with Crippen molar-refractivity contribution in [1.82, 2.24) is 14.7 Å². The van der Waals surface area contributed by atoms with Gasteiger partial charge >= 0.3 is 0 Å². The third-order valence-corrected chi connectivity index (χ3v) is 5.64. The third kappa shape index (κ3) is 5.05. The number of piperazine rings is 1. The lowest BCUT2D eigenvalue weighted by Crippen LogP contribution is -2.48. The number of rotatable bonds is 6. The van der Waals surface area contributed by atoms with Crippen molar-refractivity contribution in [3.8, 4) is 0 Å². The maximum absolute atomic E-state index is 14.3. The maximum atomic E-state index is 14.3. The summed E-state index contributed by atoms with van der Waals surface area (Å²) in [5, 5.41) is 0. The van der Waals surface area contributed by atoms with Crippen LogP contribution in [0, 0.1) is 5.82 Å². The van der Waals surface area contributed by atoms with Crippen LogP contribution in [0.2, 0.25) is 0 Å². The molecule has 0 unspecified atom stereocenters. The van der Waals surface area contributed by atoms with Crippen LogP contribution in [-0.4, -0.2) is 72.3 Å². The zero-order valence-corrected chi connectivity index (χ0v) is 18.1. The van der Waals surface area contributed by atoms with Gasteiger partial charge in [-0.3, -0.25) is 4.79 Å². The van der Waals surface area contributed by atoms with Crippen molar-refractivity contribution >= 4 is 17.4 Å². The fourth-order valence-electron chi connectivity index (χ4n) is 3.71. The highest BCUT2D eigenvalue weighted by atomic mass is 19.1. The number of hydrogen-bond donors (Lipinski definition) is 0. The zero-order valence-electron chi connectivity index (χ0n) is 18.1.